The predicted molar refractivity (Wildman–Crippen MR) is 77.5 cm³/mol. The summed E-state index contributed by atoms with van der Waals surface area (Å²) in [5.74, 6) is 6.99. The molecule has 0 saturated heterocycles. The average Bonchev–Trinajstić information content (AvgIpc) is 2.87. The van der Waals surface area contributed by atoms with E-state index in [0.717, 1.165) is 28.4 Å². The zero-order valence-electron chi connectivity index (χ0n) is 11.3. The van der Waals surface area contributed by atoms with Crippen molar-refractivity contribution in [1.29, 1.82) is 0 Å². The number of aryl methyl sites for hydroxylation is 1. The Morgan fingerprint density at radius 3 is 2.90 bits per heavy atom. The first-order valence-electron chi connectivity index (χ1n) is 6.23. The quantitative estimate of drug-likeness (QED) is 0.681. The molecule has 1 N–H and O–H groups in total. The van der Waals surface area contributed by atoms with Crippen LogP contribution in [0.25, 0.3) is 5.65 Å². The summed E-state index contributed by atoms with van der Waals surface area (Å²) in [5, 5.41) is 7.40. The van der Waals surface area contributed by atoms with Crippen molar-refractivity contribution in [2.45, 2.75) is 6.92 Å². The van der Waals surface area contributed by atoms with Crippen molar-refractivity contribution in [2.24, 2.45) is 0 Å². The Hall–Kier alpha value is -2.87. The molecule has 0 aliphatic carbocycles. The van der Waals surface area contributed by atoms with Crippen LogP contribution < -0.4 is 5.32 Å². The predicted octanol–water partition coefficient (Wildman–Crippen LogP) is 1.87. The minimum absolute atomic E-state index is 0.770. The number of fused-ring (bicyclic) bond motifs is 1. The number of pyridine rings is 1. The highest BCUT2D eigenvalue weighted by Gasteiger charge is 2.01. The van der Waals surface area contributed by atoms with Gasteiger partial charge in [-0.05, 0) is 37.1 Å². The summed E-state index contributed by atoms with van der Waals surface area (Å²) in [4.78, 5) is 8.43. The van der Waals surface area contributed by atoms with E-state index >= 15 is 0 Å². The molecule has 0 atom stereocenters. The van der Waals surface area contributed by atoms with E-state index in [2.05, 4.69) is 32.2 Å². The number of hydrogen-bond donors (Lipinski definition) is 1. The molecule has 0 spiro atoms. The van der Waals surface area contributed by atoms with E-state index in [9.17, 15) is 0 Å². The molecule has 5 heteroatoms. The fraction of sp³-hybridized carbons (Fsp3) is 0.133. The van der Waals surface area contributed by atoms with Gasteiger partial charge in [-0.15, -0.1) is 0 Å². The van der Waals surface area contributed by atoms with Gasteiger partial charge in [0, 0.05) is 18.8 Å². The Morgan fingerprint density at radius 2 is 2.05 bits per heavy atom. The van der Waals surface area contributed by atoms with Gasteiger partial charge in [0.05, 0.1) is 11.9 Å². The smallest absolute Gasteiger partial charge is 0.154 e. The van der Waals surface area contributed by atoms with Crippen LogP contribution in [0, 0.1) is 18.8 Å². The number of hydrogen-bond acceptors (Lipinski definition) is 4. The Bertz CT molecular complexity index is 823. The standard InChI is InChI=1S/C15H13N5/c1-11-3-6-15-18-10-13(20(15)19-11)5-4-12-7-8-17-14(9-12)16-2/h3,6-10H,1-2H3,(H,16,17). The van der Waals surface area contributed by atoms with Gasteiger partial charge < -0.3 is 5.32 Å². The third-order valence-electron chi connectivity index (χ3n) is 2.85. The highest BCUT2D eigenvalue weighted by molar-refractivity contribution is 5.48. The number of nitrogens with zero attached hydrogens (tertiary/aromatic N) is 4. The molecule has 0 unspecified atom stereocenters. The van der Waals surface area contributed by atoms with Crippen molar-refractivity contribution < 1.29 is 0 Å². The van der Waals surface area contributed by atoms with E-state index in [1.165, 1.54) is 0 Å². The van der Waals surface area contributed by atoms with Crippen LogP contribution in [0.2, 0.25) is 0 Å². The molecule has 0 bridgehead atoms. The largest absolute Gasteiger partial charge is 0.373 e. The minimum atomic E-state index is 0.770. The van der Waals surface area contributed by atoms with E-state index < -0.39 is 0 Å². The lowest BCUT2D eigenvalue weighted by Gasteiger charge is -1.97. The molecule has 3 heterocycles. The highest BCUT2D eigenvalue weighted by Crippen LogP contribution is 2.07. The molecular formula is C15H13N5. The van der Waals surface area contributed by atoms with Crippen LogP contribution in [-0.2, 0) is 0 Å². The van der Waals surface area contributed by atoms with E-state index in [4.69, 9.17) is 0 Å². The van der Waals surface area contributed by atoms with Gasteiger partial charge in [-0.25, -0.2) is 14.5 Å². The summed E-state index contributed by atoms with van der Waals surface area (Å²) in [6, 6.07) is 7.63. The normalized spacial score (nSPS) is 10.1. The zero-order chi connectivity index (χ0) is 13.9. The maximum Gasteiger partial charge on any atom is 0.154 e. The highest BCUT2D eigenvalue weighted by atomic mass is 15.3. The first-order valence-corrected chi connectivity index (χ1v) is 6.23. The van der Waals surface area contributed by atoms with Crippen molar-refractivity contribution in [2.75, 3.05) is 12.4 Å². The third kappa shape index (κ3) is 2.31. The van der Waals surface area contributed by atoms with Crippen LogP contribution in [0.4, 0.5) is 5.82 Å². The molecule has 0 aliphatic rings. The molecule has 3 aromatic rings. The van der Waals surface area contributed by atoms with Crippen molar-refractivity contribution >= 4 is 11.5 Å². The van der Waals surface area contributed by atoms with Gasteiger partial charge >= 0.3 is 0 Å². The Morgan fingerprint density at radius 1 is 1.15 bits per heavy atom. The van der Waals surface area contributed by atoms with Gasteiger partial charge in [-0.1, -0.05) is 5.92 Å². The monoisotopic (exact) mass is 263 g/mol. The van der Waals surface area contributed by atoms with Crippen molar-refractivity contribution in [1.82, 2.24) is 19.6 Å². The molecule has 3 aromatic heterocycles. The Kier molecular flexibility index (Phi) is 3.05. The lowest BCUT2D eigenvalue weighted by Crippen LogP contribution is -1.96. The Labute approximate surface area is 116 Å². The second kappa shape index (κ2) is 5.02. The molecule has 20 heavy (non-hydrogen) atoms. The van der Waals surface area contributed by atoms with Crippen LogP contribution in [0.3, 0.4) is 0 Å². The lowest BCUT2D eigenvalue weighted by molar-refractivity contribution is 0.890. The molecule has 0 amide bonds. The van der Waals surface area contributed by atoms with Gasteiger partial charge in [0.15, 0.2) is 5.65 Å². The molecule has 0 aromatic carbocycles. The van der Waals surface area contributed by atoms with Crippen molar-refractivity contribution in [3.63, 3.8) is 0 Å². The number of anilines is 1. The molecule has 0 saturated carbocycles. The number of nitrogens with one attached hydrogen (secondary N) is 1. The molecule has 0 aliphatic heterocycles. The maximum absolute atomic E-state index is 4.41. The van der Waals surface area contributed by atoms with Gasteiger partial charge in [0.1, 0.15) is 11.5 Å². The van der Waals surface area contributed by atoms with E-state index in [0.29, 0.717) is 0 Å². The summed E-state index contributed by atoms with van der Waals surface area (Å²) < 4.78 is 1.75. The van der Waals surface area contributed by atoms with Crippen LogP contribution >= 0.6 is 0 Å². The van der Waals surface area contributed by atoms with Gasteiger partial charge in [-0.3, -0.25) is 0 Å². The zero-order valence-corrected chi connectivity index (χ0v) is 11.3. The number of rotatable bonds is 1. The molecule has 3 rings (SSSR count). The van der Waals surface area contributed by atoms with E-state index in [1.807, 2.05) is 38.2 Å². The first kappa shape index (κ1) is 12.2. The van der Waals surface area contributed by atoms with Crippen LogP contribution in [0.1, 0.15) is 17.0 Å². The SMILES string of the molecule is CNc1cc(C#Cc2cnc3ccc(C)nn23)ccn1. The lowest BCUT2D eigenvalue weighted by atomic mass is 10.2. The minimum Gasteiger partial charge on any atom is -0.373 e. The van der Waals surface area contributed by atoms with Gasteiger partial charge in [0.25, 0.3) is 0 Å². The van der Waals surface area contributed by atoms with Crippen LogP contribution in [-0.4, -0.2) is 26.6 Å². The molecule has 98 valence electrons. The summed E-state index contributed by atoms with van der Waals surface area (Å²) in [6.45, 7) is 1.94. The fourth-order valence-electron chi connectivity index (χ4n) is 1.83. The summed E-state index contributed by atoms with van der Waals surface area (Å²) >= 11 is 0. The maximum atomic E-state index is 4.41. The van der Waals surface area contributed by atoms with Crippen LogP contribution in [0.5, 0.6) is 0 Å². The van der Waals surface area contributed by atoms with E-state index in [-0.39, 0.29) is 0 Å². The number of aromatic nitrogens is 4. The average molecular weight is 263 g/mol. The second-order valence-electron chi connectivity index (χ2n) is 4.32. The van der Waals surface area contributed by atoms with E-state index in [1.54, 1.807) is 16.9 Å². The topological polar surface area (TPSA) is 55.1 Å². The summed E-state index contributed by atoms with van der Waals surface area (Å²) in [6.07, 6.45) is 3.46. The molecule has 5 nitrogen and oxygen atoms in total. The van der Waals surface area contributed by atoms with Crippen molar-refractivity contribution in [3.8, 4) is 11.8 Å². The number of imidazole rings is 1. The molecule has 0 fully saturated rings. The first-order chi connectivity index (χ1) is 9.76. The summed E-state index contributed by atoms with van der Waals surface area (Å²) in [7, 11) is 1.83. The molecule has 0 radical (unpaired) electrons. The second-order valence-corrected chi connectivity index (χ2v) is 4.32. The molecular weight excluding hydrogens is 250 g/mol. The summed E-state index contributed by atoms with van der Waals surface area (Å²) in [5.41, 5.74) is 3.39. The van der Waals surface area contributed by atoms with Crippen LogP contribution in [0.15, 0.2) is 36.7 Å². The fourth-order valence-corrected chi connectivity index (χ4v) is 1.83. The Balaban J connectivity index is 2.01. The third-order valence-corrected chi connectivity index (χ3v) is 2.85. The van der Waals surface area contributed by atoms with Gasteiger partial charge in [0.2, 0.25) is 0 Å². The van der Waals surface area contributed by atoms with Gasteiger partial charge in [-0.2, -0.15) is 5.10 Å². The van der Waals surface area contributed by atoms with Crippen molar-refractivity contribution in [3.05, 3.63) is 53.6 Å².